The van der Waals surface area contributed by atoms with Gasteiger partial charge in [-0.2, -0.15) is 0 Å². The molecule has 0 saturated heterocycles. The number of nitrogens with one attached hydrogen (secondary N) is 1. The van der Waals surface area contributed by atoms with Crippen LogP contribution >= 0.6 is 0 Å². The van der Waals surface area contributed by atoms with Crippen LogP contribution in [0.2, 0.25) is 0 Å². The molecule has 0 aromatic carbocycles. The molecule has 17 heavy (non-hydrogen) atoms. The number of rotatable bonds is 8. The molecule has 4 nitrogen and oxygen atoms in total. The van der Waals surface area contributed by atoms with Crippen molar-refractivity contribution in [1.82, 2.24) is 10.2 Å². The van der Waals surface area contributed by atoms with Crippen LogP contribution in [0.1, 0.15) is 33.1 Å². The third kappa shape index (κ3) is 5.50. The summed E-state index contributed by atoms with van der Waals surface area (Å²) in [5, 5.41) is 3.25. The molecule has 1 amide bonds. The highest BCUT2D eigenvalue weighted by Gasteiger charge is 2.29. The molecule has 0 bridgehead atoms. The zero-order chi connectivity index (χ0) is 12.9. The molecule has 0 aromatic heterocycles. The number of hydrogen-bond donors (Lipinski definition) is 1. The molecule has 1 N–H and O–H groups in total. The summed E-state index contributed by atoms with van der Waals surface area (Å²) < 4.78 is 5.08. The fourth-order valence-corrected chi connectivity index (χ4v) is 1.76. The first kappa shape index (κ1) is 14.5. The van der Waals surface area contributed by atoms with Crippen LogP contribution in [0, 0.1) is 5.41 Å². The van der Waals surface area contributed by atoms with E-state index in [0.717, 1.165) is 19.6 Å². The Labute approximate surface area is 105 Å². The number of nitrogens with zero attached hydrogens (tertiary/aromatic N) is 1. The quantitative estimate of drug-likeness (QED) is 0.697. The highest BCUT2D eigenvalue weighted by atomic mass is 16.5. The molecule has 0 heterocycles. The van der Waals surface area contributed by atoms with E-state index in [1.54, 1.807) is 7.11 Å². The topological polar surface area (TPSA) is 41.6 Å². The summed E-state index contributed by atoms with van der Waals surface area (Å²) >= 11 is 0. The predicted molar refractivity (Wildman–Crippen MR) is 68.9 cm³/mol. The van der Waals surface area contributed by atoms with Gasteiger partial charge in [0.05, 0.1) is 6.54 Å². The lowest BCUT2D eigenvalue weighted by Crippen LogP contribution is -2.40. The number of methoxy groups -OCH3 is 1. The molecular formula is C13H26N2O2. The molecule has 0 aliphatic heterocycles. The van der Waals surface area contributed by atoms with Gasteiger partial charge in [0.15, 0.2) is 0 Å². The molecule has 1 saturated carbocycles. The molecule has 0 spiro atoms. The first-order chi connectivity index (χ1) is 7.96. The Morgan fingerprint density at radius 2 is 2.12 bits per heavy atom. The van der Waals surface area contributed by atoms with Gasteiger partial charge >= 0.3 is 0 Å². The van der Waals surface area contributed by atoms with Gasteiger partial charge in [-0.1, -0.05) is 13.8 Å². The Bertz CT molecular complexity index is 250. The molecule has 0 radical (unpaired) electrons. The Morgan fingerprint density at radius 1 is 1.47 bits per heavy atom. The van der Waals surface area contributed by atoms with Gasteiger partial charge in [-0.05, 0) is 24.7 Å². The molecule has 0 unspecified atom stereocenters. The van der Waals surface area contributed by atoms with Crippen molar-refractivity contribution in [2.24, 2.45) is 5.41 Å². The van der Waals surface area contributed by atoms with E-state index in [0.29, 0.717) is 12.6 Å². The Kier molecular flexibility index (Phi) is 5.40. The van der Waals surface area contributed by atoms with Crippen molar-refractivity contribution in [2.45, 2.75) is 39.2 Å². The lowest BCUT2D eigenvalue weighted by Gasteiger charge is -2.25. The maximum absolute atomic E-state index is 11.8. The van der Waals surface area contributed by atoms with Crippen molar-refractivity contribution in [3.05, 3.63) is 0 Å². The summed E-state index contributed by atoms with van der Waals surface area (Å²) in [6, 6.07) is 0.505. The van der Waals surface area contributed by atoms with Gasteiger partial charge in [0, 0.05) is 33.4 Å². The highest BCUT2D eigenvalue weighted by Crippen LogP contribution is 2.25. The number of carbonyl (C=O) groups excluding carboxylic acids is 1. The largest absolute Gasteiger partial charge is 0.385 e. The second-order valence-electron chi connectivity index (χ2n) is 5.75. The van der Waals surface area contributed by atoms with Crippen molar-refractivity contribution in [2.75, 3.05) is 33.9 Å². The molecule has 1 rings (SSSR count). The third-order valence-corrected chi connectivity index (χ3v) is 3.35. The summed E-state index contributed by atoms with van der Waals surface area (Å²) in [6.07, 6.45) is 3.34. The van der Waals surface area contributed by atoms with E-state index in [9.17, 15) is 4.79 Å². The third-order valence-electron chi connectivity index (χ3n) is 3.35. The van der Waals surface area contributed by atoms with Crippen LogP contribution < -0.4 is 5.32 Å². The van der Waals surface area contributed by atoms with Crippen LogP contribution in [0.15, 0.2) is 0 Å². The smallest absolute Gasteiger partial charge is 0.236 e. The average molecular weight is 242 g/mol. The zero-order valence-electron chi connectivity index (χ0n) is 11.6. The minimum absolute atomic E-state index is 0.175. The van der Waals surface area contributed by atoms with Crippen molar-refractivity contribution in [1.29, 1.82) is 0 Å². The van der Waals surface area contributed by atoms with Crippen molar-refractivity contribution in [3.8, 4) is 0 Å². The number of hydrogen-bond acceptors (Lipinski definition) is 3. The van der Waals surface area contributed by atoms with Crippen molar-refractivity contribution >= 4 is 5.91 Å². The first-order valence-corrected chi connectivity index (χ1v) is 6.41. The van der Waals surface area contributed by atoms with Crippen LogP contribution in [0.4, 0.5) is 0 Å². The van der Waals surface area contributed by atoms with Crippen LogP contribution in [0.25, 0.3) is 0 Å². The maximum atomic E-state index is 11.8. The molecular weight excluding hydrogens is 216 g/mol. The van der Waals surface area contributed by atoms with Crippen molar-refractivity contribution in [3.63, 3.8) is 0 Å². The minimum Gasteiger partial charge on any atom is -0.385 e. The van der Waals surface area contributed by atoms with Crippen molar-refractivity contribution < 1.29 is 9.53 Å². The second-order valence-corrected chi connectivity index (χ2v) is 5.75. The first-order valence-electron chi connectivity index (χ1n) is 6.41. The van der Waals surface area contributed by atoms with E-state index in [-0.39, 0.29) is 11.3 Å². The molecule has 1 fully saturated rings. The standard InChI is InChI=1S/C13H26N2O2/c1-13(2,7-8-17-4)10-14-9-12(16)15(3)11-5-6-11/h11,14H,5-10H2,1-4H3. The zero-order valence-corrected chi connectivity index (χ0v) is 11.6. The number of likely N-dealkylation sites (N-methyl/N-ethyl adjacent to an activating group) is 1. The fourth-order valence-electron chi connectivity index (χ4n) is 1.76. The van der Waals surface area contributed by atoms with Gasteiger partial charge in [-0.25, -0.2) is 0 Å². The van der Waals surface area contributed by atoms with Crippen LogP contribution in [0.5, 0.6) is 0 Å². The normalized spacial score (nSPS) is 16.0. The SMILES string of the molecule is COCCC(C)(C)CNCC(=O)N(C)C1CC1. The fraction of sp³-hybridized carbons (Fsp3) is 0.923. The lowest BCUT2D eigenvalue weighted by molar-refractivity contribution is -0.129. The minimum atomic E-state index is 0.175. The average Bonchev–Trinajstić information content (AvgIpc) is 3.09. The maximum Gasteiger partial charge on any atom is 0.236 e. The van der Waals surface area contributed by atoms with Gasteiger partial charge in [0.25, 0.3) is 0 Å². The lowest BCUT2D eigenvalue weighted by atomic mass is 9.90. The second kappa shape index (κ2) is 6.36. The highest BCUT2D eigenvalue weighted by molar-refractivity contribution is 5.78. The van der Waals surface area contributed by atoms with E-state index in [1.165, 1.54) is 12.8 Å². The molecule has 1 aliphatic rings. The van der Waals surface area contributed by atoms with Gasteiger partial charge in [-0.3, -0.25) is 4.79 Å². The number of ether oxygens (including phenoxy) is 1. The Balaban J connectivity index is 2.15. The van der Waals surface area contributed by atoms with Gasteiger partial charge < -0.3 is 15.0 Å². The number of carbonyl (C=O) groups is 1. The summed E-state index contributed by atoms with van der Waals surface area (Å²) in [7, 11) is 3.62. The molecule has 0 atom stereocenters. The summed E-state index contributed by atoms with van der Waals surface area (Å²) in [6.45, 7) is 6.44. The Hall–Kier alpha value is -0.610. The van der Waals surface area contributed by atoms with Gasteiger partial charge in [0.1, 0.15) is 0 Å². The van der Waals surface area contributed by atoms with E-state index >= 15 is 0 Å². The molecule has 100 valence electrons. The summed E-state index contributed by atoms with van der Waals surface area (Å²) in [5.74, 6) is 0.204. The monoisotopic (exact) mass is 242 g/mol. The van der Waals surface area contributed by atoms with Gasteiger partial charge in [0.2, 0.25) is 5.91 Å². The predicted octanol–water partition coefficient (Wildman–Crippen LogP) is 1.26. The molecule has 1 aliphatic carbocycles. The van der Waals surface area contributed by atoms with Crippen LogP contribution in [-0.2, 0) is 9.53 Å². The van der Waals surface area contributed by atoms with E-state index in [1.807, 2.05) is 11.9 Å². The summed E-state index contributed by atoms with van der Waals surface area (Å²) in [4.78, 5) is 13.6. The Morgan fingerprint density at radius 3 is 2.65 bits per heavy atom. The van der Waals surface area contributed by atoms with Crippen LogP contribution in [-0.4, -0.2) is 50.7 Å². The van der Waals surface area contributed by atoms with E-state index < -0.39 is 0 Å². The van der Waals surface area contributed by atoms with E-state index in [2.05, 4.69) is 19.2 Å². The van der Waals surface area contributed by atoms with E-state index in [4.69, 9.17) is 4.74 Å². The summed E-state index contributed by atoms with van der Waals surface area (Å²) in [5.41, 5.74) is 0.175. The van der Waals surface area contributed by atoms with Gasteiger partial charge in [-0.15, -0.1) is 0 Å². The van der Waals surface area contributed by atoms with Crippen LogP contribution in [0.3, 0.4) is 0 Å². The molecule has 0 aromatic rings. The number of amides is 1. The molecule has 4 heteroatoms.